The van der Waals surface area contributed by atoms with Gasteiger partial charge in [0.2, 0.25) is 0 Å². The van der Waals surface area contributed by atoms with Gasteiger partial charge in [0.25, 0.3) is 0 Å². The third-order valence-corrected chi connectivity index (χ3v) is 3.24. The third kappa shape index (κ3) is 3.69. The number of anilines is 1. The number of hydrogen-bond donors (Lipinski definition) is 1. The molecule has 1 aliphatic rings. The van der Waals surface area contributed by atoms with Crippen LogP contribution in [0.3, 0.4) is 0 Å². The van der Waals surface area contributed by atoms with E-state index in [1.165, 1.54) is 38.9 Å². The van der Waals surface area contributed by atoms with Crippen LogP contribution in [0.1, 0.15) is 19.3 Å². The molecule has 1 saturated heterocycles. The van der Waals surface area contributed by atoms with E-state index in [0.29, 0.717) is 0 Å². The number of likely N-dealkylation sites (tertiary alicyclic amines) is 1. The van der Waals surface area contributed by atoms with E-state index in [2.05, 4.69) is 16.3 Å². The maximum absolute atomic E-state index is 5.91. The Morgan fingerprint density at radius 2 is 2.06 bits per heavy atom. The second-order valence-corrected chi connectivity index (χ2v) is 4.78. The van der Waals surface area contributed by atoms with Crippen LogP contribution in [0.15, 0.2) is 24.3 Å². The Kier molecular flexibility index (Phi) is 4.49. The average Bonchev–Trinajstić information content (AvgIpc) is 2.77. The molecule has 0 unspecified atom stereocenters. The van der Waals surface area contributed by atoms with Crippen molar-refractivity contribution in [3.05, 3.63) is 29.3 Å². The van der Waals surface area contributed by atoms with Crippen molar-refractivity contribution in [1.82, 2.24) is 4.90 Å². The molecule has 1 heterocycles. The molecular formula is C13H19ClN2. The first-order valence-corrected chi connectivity index (χ1v) is 6.44. The van der Waals surface area contributed by atoms with Crippen LogP contribution in [0.2, 0.25) is 5.02 Å². The van der Waals surface area contributed by atoms with E-state index in [4.69, 9.17) is 11.6 Å². The highest BCUT2D eigenvalue weighted by molar-refractivity contribution is 6.30. The number of nitrogens with one attached hydrogen (secondary N) is 1. The summed E-state index contributed by atoms with van der Waals surface area (Å²) in [5, 5.41) is 4.19. The van der Waals surface area contributed by atoms with Gasteiger partial charge in [-0.3, -0.25) is 0 Å². The van der Waals surface area contributed by atoms with Gasteiger partial charge in [0.05, 0.1) is 0 Å². The highest BCUT2D eigenvalue weighted by Crippen LogP contribution is 2.14. The summed E-state index contributed by atoms with van der Waals surface area (Å²) < 4.78 is 0. The normalized spacial score (nSPS) is 16.6. The smallest absolute Gasteiger partial charge is 0.0426 e. The zero-order valence-corrected chi connectivity index (χ0v) is 10.3. The molecule has 0 spiro atoms. The van der Waals surface area contributed by atoms with E-state index in [1.807, 2.05) is 18.2 Å². The van der Waals surface area contributed by atoms with Gasteiger partial charge in [-0.2, -0.15) is 0 Å². The summed E-state index contributed by atoms with van der Waals surface area (Å²) in [5.74, 6) is 0. The monoisotopic (exact) mass is 238 g/mol. The number of benzene rings is 1. The van der Waals surface area contributed by atoms with Crippen LogP contribution in [0.4, 0.5) is 5.69 Å². The van der Waals surface area contributed by atoms with Crippen molar-refractivity contribution in [2.45, 2.75) is 19.3 Å². The minimum atomic E-state index is 0.796. The van der Waals surface area contributed by atoms with E-state index in [9.17, 15) is 0 Å². The Hall–Kier alpha value is -0.730. The molecule has 0 aliphatic carbocycles. The lowest BCUT2D eigenvalue weighted by Gasteiger charge is -2.14. The Morgan fingerprint density at radius 1 is 1.25 bits per heavy atom. The molecule has 0 radical (unpaired) electrons. The van der Waals surface area contributed by atoms with Gasteiger partial charge in [0.15, 0.2) is 0 Å². The van der Waals surface area contributed by atoms with Gasteiger partial charge in [-0.1, -0.05) is 17.7 Å². The summed E-state index contributed by atoms with van der Waals surface area (Å²) >= 11 is 5.91. The predicted octanol–water partition coefficient (Wildman–Crippen LogP) is 3.24. The van der Waals surface area contributed by atoms with Crippen molar-refractivity contribution in [3.8, 4) is 0 Å². The zero-order valence-electron chi connectivity index (χ0n) is 9.58. The molecule has 0 bridgehead atoms. The van der Waals surface area contributed by atoms with Crippen LogP contribution in [0, 0.1) is 0 Å². The van der Waals surface area contributed by atoms with Crippen LogP contribution in [-0.4, -0.2) is 31.1 Å². The standard InChI is InChI=1S/C13H19ClN2/c14-12-5-3-6-13(11-12)15-7-4-10-16-8-1-2-9-16/h3,5-6,11,15H,1-2,4,7-10H2. The first-order chi connectivity index (χ1) is 7.84. The van der Waals surface area contributed by atoms with Gasteiger partial charge in [-0.25, -0.2) is 0 Å². The average molecular weight is 239 g/mol. The van der Waals surface area contributed by atoms with E-state index >= 15 is 0 Å². The number of nitrogens with zero attached hydrogens (tertiary/aromatic N) is 1. The first-order valence-electron chi connectivity index (χ1n) is 6.06. The SMILES string of the molecule is Clc1cccc(NCCCN2CCCC2)c1. The van der Waals surface area contributed by atoms with Crippen molar-refractivity contribution < 1.29 is 0 Å². The number of hydrogen-bond acceptors (Lipinski definition) is 2. The molecule has 3 heteroatoms. The van der Waals surface area contributed by atoms with Gasteiger partial charge in [0.1, 0.15) is 0 Å². The zero-order chi connectivity index (χ0) is 11.2. The largest absolute Gasteiger partial charge is 0.385 e. The third-order valence-electron chi connectivity index (χ3n) is 3.00. The fraction of sp³-hybridized carbons (Fsp3) is 0.538. The van der Waals surface area contributed by atoms with Crippen molar-refractivity contribution in [2.75, 3.05) is 31.5 Å². The molecule has 0 amide bonds. The molecule has 88 valence electrons. The Labute approximate surface area is 103 Å². The quantitative estimate of drug-likeness (QED) is 0.793. The molecule has 0 aromatic heterocycles. The van der Waals surface area contributed by atoms with Gasteiger partial charge in [-0.15, -0.1) is 0 Å². The number of rotatable bonds is 5. The lowest BCUT2D eigenvalue weighted by Crippen LogP contribution is -2.22. The molecule has 1 aliphatic heterocycles. The molecule has 0 atom stereocenters. The van der Waals surface area contributed by atoms with Crippen LogP contribution in [0.25, 0.3) is 0 Å². The maximum Gasteiger partial charge on any atom is 0.0426 e. The molecule has 2 nitrogen and oxygen atoms in total. The highest BCUT2D eigenvalue weighted by atomic mass is 35.5. The van der Waals surface area contributed by atoms with Crippen LogP contribution in [-0.2, 0) is 0 Å². The second kappa shape index (κ2) is 6.12. The molecular weight excluding hydrogens is 220 g/mol. The minimum absolute atomic E-state index is 0.796. The molecule has 1 N–H and O–H groups in total. The second-order valence-electron chi connectivity index (χ2n) is 4.34. The van der Waals surface area contributed by atoms with Crippen molar-refractivity contribution >= 4 is 17.3 Å². The molecule has 1 fully saturated rings. The summed E-state index contributed by atoms with van der Waals surface area (Å²) in [7, 11) is 0. The van der Waals surface area contributed by atoms with Crippen molar-refractivity contribution in [1.29, 1.82) is 0 Å². The van der Waals surface area contributed by atoms with E-state index in [-0.39, 0.29) is 0 Å². The van der Waals surface area contributed by atoms with Gasteiger partial charge >= 0.3 is 0 Å². The maximum atomic E-state index is 5.91. The lowest BCUT2D eigenvalue weighted by molar-refractivity contribution is 0.337. The Balaban J connectivity index is 1.64. The summed E-state index contributed by atoms with van der Waals surface area (Å²) in [6.45, 7) is 4.82. The Morgan fingerprint density at radius 3 is 2.81 bits per heavy atom. The summed E-state index contributed by atoms with van der Waals surface area (Å²) in [5.41, 5.74) is 1.12. The fourth-order valence-electron chi connectivity index (χ4n) is 2.14. The molecule has 2 rings (SSSR count). The van der Waals surface area contributed by atoms with Gasteiger partial charge in [-0.05, 0) is 57.1 Å². The van der Waals surface area contributed by atoms with Gasteiger partial charge in [0, 0.05) is 17.3 Å². The van der Waals surface area contributed by atoms with Crippen molar-refractivity contribution in [3.63, 3.8) is 0 Å². The van der Waals surface area contributed by atoms with Crippen LogP contribution < -0.4 is 5.32 Å². The van der Waals surface area contributed by atoms with Crippen LogP contribution >= 0.6 is 11.6 Å². The fourth-order valence-corrected chi connectivity index (χ4v) is 2.33. The summed E-state index contributed by atoms with van der Waals surface area (Å²) in [6.07, 6.45) is 3.95. The molecule has 16 heavy (non-hydrogen) atoms. The number of halogens is 1. The van der Waals surface area contributed by atoms with Gasteiger partial charge < -0.3 is 10.2 Å². The minimum Gasteiger partial charge on any atom is -0.385 e. The summed E-state index contributed by atoms with van der Waals surface area (Å²) in [4.78, 5) is 2.54. The lowest BCUT2D eigenvalue weighted by atomic mass is 10.3. The topological polar surface area (TPSA) is 15.3 Å². The van der Waals surface area contributed by atoms with Crippen molar-refractivity contribution in [2.24, 2.45) is 0 Å². The highest BCUT2D eigenvalue weighted by Gasteiger charge is 2.09. The summed E-state index contributed by atoms with van der Waals surface area (Å²) in [6, 6.07) is 7.90. The van der Waals surface area contributed by atoms with Crippen LogP contribution in [0.5, 0.6) is 0 Å². The molecule has 1 aromatic carbocycles. The first kappa shape index (κ1) is 11.7. The molecule has 1 aromatic rings. The molecule has 0 saturated carbocycles. The van der Waals surface area contributed by atoms with E-state index < -0.39 is 0 Å². The predicted molar refractivity (Wildman–Crippen MR) is 70.2 cm³/mol. The van der Waals surface area contributed by atoms with E-state index in [0.717, 1.165) is 17.3 Å². The van der Waals surface area contributed by atoms with E-state index in [1.54, 1.807) is 0 Å². The Bertz CT molecular complexity index is 321.